The first kappa shape index (κ1) is 23.3. The molecule has 3 aromatic rings. The molecule has 2 N–H and O–H groups in total. The highest BCUT2D eigenvalue weighted by atomic mass is 35.5. The summed E-state index contributed by atoms with van der Waals surface area (Å²) in [7, 11) is 0. The third kappa shape index (κ3) is 6.57. The van der Waals surface area contributed by atoms with E-state index in [2.05, 4.69) is 5.32 Å². The van der Waals surface area contributed by atoms with Gasteiger partial charge in [-0.1, -0.05) is 72.3 Å². The molecule has 1 unspecified atom stereocenters. The number of rotatable bonds is 10. The minimum atomic E-state index is -0.898. The van der Waals surface area contributed by atoms with Gasteiger partial charge >= 0.3 is 0 Å². The number of aliphatic hydroxyl groups excluding tert-OH is 1. The number of hydrogen-bond acceptors (Lipinski definition) is 4. The molecule has 1 atom stereocenters. The van der Waals surface area contributed by atoms with E-state index in [0.717, 1.165) is 5.56 Å². The maximum absolute atomic E-state index is 13.3. The summed E-state index contributed by atoms with van der Waals surface area (Å²) in [4.78, 5) is 27.9. The normalized spacial score (nSPS) is 11.4. The number of para-hydroxylation sites is 1. The van der Waals surface area contributed by atoms with Crippen LogP contribution in [0.4, 0.5) is 0 Å². The molecule has 0 aliphatic heterocycles. The van der Waals surface area contributed by atoms with Gasteiger partial charge in [0, 0.05) is 18.1 Å². The smallest absolute Gasteiger partial charge is 0.261 e. The van der Waals surface area contributed by atoms with Crippen molar-refractivity contribution in [1.29, 1.82) is 0 Å². The Morgan fingerprint density at radius 1 is 0.938 bits per heavy atom. The summed E-state index contributed by atoms with van der Waals surface area (Å²) in [6.07, 6.45) is 0. The third-order valence-electron chi connectivity index (χ3n) is 4.78. The van der Waals surface area contributed by atoms with E-state index in [1.165, 1.54) is 4.90 Å². The average Bonchev–Trinajstić information content (AvgIpc) is 2.83. The molecule has 166 valence electrons. The Kier molecular flexibility index (Phi) is 8.66. The molecule has 0 aliphatic carbocycles. The number of hydrogen-bond donors (Lipinski definition) is 2. The number of halogens is 1. The van der Waals surface area contributed by atoms with E-state index in [0.29, 0.717) is 16.3 Å². The number of benzene rings is 3. The van der Waals surface area contributed by atoms with Gasteiger partial charge in [-0.05, 0) is 35.4 Å². The Morgan fingerprint density at radius 3 is 2.19 bits per heavy atom. The minimum absolute atomic E-state index is 0.0889. The summed E-state index contributed by atoms with van der Waals surface area (Å²) in [5.41, 5.74) is 1.48. The van der Waals surface area contributed by atoms with E-state index in [9.17, 15) is 9.59 Å². The van der Waals surface area contributed by atoms with Crippen LogP contribution in [0.3, 0.4) is 0 Å². The van der Waals surface area contributed by atoms with Crippen molar-refractivity contribution in [2.45, 2.75) is 12.6 Å². The lowest BCUT2D eigenvalue weighted by atomic mass is 10.0. The van der Waals surface area contributed by atoms with Gasteiger partial charge in [-0.25, -0.2) is 0 Å². The van der Waals surface area contributed by atoms with Crippen LogP contribution in [0.1, 0.15) is 17.2 Å². The van der Waals surface area contributed by atoms with E-state index >= 15 is 0 Å². The molecule has 0 aromatic heterocycles. The molecule has 0 saturated carbocycles. The Labute approximate surface area is 192 Å². The Bertz CT molecular complexity index is 997. The van der Waals surface area contributed by atoms with E-state index in [-0.39, 0.29) is 38.1 Å². The Hall–Kier alpha value is -3.35. The first-order valence-corrected chi connectivity index (χ1v) is 10.6. The van der Waals surface area contributed by atoms with Gasteiger partial charge in [-0.15, -0.1) is 0 Å². The van der Waals surface area contributed by atoms with Crippen LogP contribution in [-0.2, 0) is 16.1 Å². The second-order valence-corrected chi connectivity index (χ2v) is 7.51. The van der Waals surface area contributed by atoms with E-state index in [1.807, 2.05) is 48.5 Å². The van der Waals surface area contributed by atoms with Gasteiger partial charge in [-0.2, -0.15) is 0 Å². The van der Waals surface area contributed by atoms with Crippen LogP contribution in [0.15, 0.2) is 84.9 Å². The minimum Gasteiger partial charge on any atom is -0.484 e. The summed E-state index contributed by atoms with van der Waals surface area (Å²) < 4.78 is 5.67. The molecule has 0 saturated heterocycles. The van der Waals surface area contributed by atoms with E-state index in [4.69, 9.17) is 21.4 Å². The molecule has 3 aromatic carbocycles. The standard InChI is InChI=1S/C25H25ClN2O4/c26-21-13-11-19(12-14-21)17-28(23(30)18-32-22-9-5-2-6-10-22)24(25(31)27-15-16-29)20-7-3-1-4-8-20/h1-14,24,29H,15-18H2,(H,27,31). The SMILES string of the molecule is O=C(NCCO)C(c1ccccc1)N(Cc1ccc(Cl)cc1)C(=O)COc1ccccc1. The van der Waals surface area contributed by atoms with Gasteiger partial charge in [0.1, 0.15) is 11.8 Å². The van der Waals surface area contributed by atoms with Crippen molar-refractivity contribution in [3.05, 3.63) is 101 Å². The second-order valence-electron chi connectivity index (χ2n) is 7.08. The zero-order valence-corrected chi connectivity index (χ0v) is 18.2. The summed E-state index contributed by atoms with van der Waals surface area (Å²) in [6, 6.07) is 24.3. The number of ether oxygens (including phenoxy) is 1. The number of carbonyl (C=O) groups is 2. The fourth-order valence-corrected chi connectivity index (χ4v) is 3.36. The number of amides is 2. The van der Waals surface area contributed by atoms with E-state index < -0.39 is 6.04 Å². The highest BCUT2D eigenvalue weighted by molar-refractivity contribution is 6.30. The van der Waals surface area contributed by atoms with Crippen LogP contribution in [0, 0.1) is 0 Å². The van der Waals surface area contributed by atoms with Crippen molar-refractivity contribution in [3.8, 4) is 5.75 Å². The highest BCUT2D eigenvalue weighted by Gasteiger charge is 2.31. The molecular formula is C25H25ClN2O4. The van der Waals surface area contributed by atoms with Crippen LogP contribution < -0.4 is 10.1 Å². The topological polar surface area (TPSA) is 78.9 Å². The van der Waals surface area contributed by atoms with Crippen LogP contribution in [0.25, 0.3) is 0 Å². The third-order valence-corrected chi connectivity index (χ3v) is 5.03. The van der Waals surface area contributed by atoms with Crippen molar-refractivity contribution >= 4 is 23.4 Å². The van der Waals surface area contributed by atoms with Gasteiger partial charge in [-0.3, -0.25) is 9.59 Å². The molecule has 6 nitrogen and oxygen atoms in total. The lowest BCUT2D eigenvalue weighted by molar-refractivity contribution is -0.143. The molecule has 2 amide bonds. The largest absolute Gasteiger partial charge is 0.484 e. The molecule has 0 radical (unpaired) electrons. The molecule has 0 spiro atoms. The highest BCUT2D eigenvalue weighted by Crippen LogP contribution is 2.25. The van der Waals surface area contributed by atoms with Crippen molar-refractivity contribution < 1.29 is 19.4 Å². The van der Waals surface area contributed by atoms with Gasteiger partial charge in [0.05, 0.1) is 6.61 Å². The molecular weight excluding hydrogens is 428 g/mol. The molecule has 0 heterocycles. The maximum Gasteiger partial charge on any atom is 0.261 e. The Morgan fingerprint density at radius 2 is 1.56 bits per heavy atom. The summed E-state index contributed by atoms with van der Waals surface area (Å²) in [6.45, 7) is -0.157. The zero-order chi connectivity index (χ0) is 22.8. The summed E-state index contributed by atoms with van der Waals surface area (Å²) in [5.74, 6) is -0.169. The van der Waals surface area contributed by atoms with Crippen LogP contribution >= 0.6 is 11.6 Å². The van der Waals surface area contributed by atoms with Gasteiger partial charge < -0.3 is 20.1 Å². The number of aliphatic hydroxyl groups is 1. The van der Waals surface area contributed by atoms with E-state index in [1.54, 1.807) is 36.4 Å². The summed E-state index contributed by atoms with van der Waals surface area (Å²) in [5, 5.41) is 12.4. The quantitative estimate of drug-likeness (QED) is 0.492. The molecule has 0 fully saturated rings. The van der Waals surface area contributed by atoms with Crippen molar-refractivity contribution in [2.24, 2.45) is 0 Å². The molecule has 32 heavy (non-hydrogen) atoms. The second kappa shape index (κ2) is 11.9. The first-order chi connectivity index (χ1) is 15.6. The van der Waals surface area contributed by atoms with Crippen LogP contribution in [0.2, 0.25) is 5.02 Å². The predicted octanol–water partition coefficient (Wildman–Crippen LogP) is 3.60. The van der Waals surface area contributed by atoms with Crippen LogP contribution in [0.5, 0.6) is 5.75 Å². The molecule has 3 rings (SSSR count). The monoisotopic (exact) mass is 452 g/mol. The lowest BCUT2D eigenvalue weighted by Gasteiger charge is -2.31. The predicted molar refractivity (Wildman–Crippen MR) is 123 cm³/mol. The molecule has 0 aliphatic rings. The Balaban J connectivity index is 1.91. The number of nitrogens with zero attached hydrogens (tertiary/aromatic N) is 1. The number of nitrogens with one attached hydrogen (secondary N) is 1. The zero-order valence-electron chi connectivity index (χ0n) is 17.5. The van der Waals surface area contributed by atoms with Crippen LogP contribution in [-0.4, -0.2) is 41.6 Å². The molecule has 0 bridgehead atoms. The summed E-state index contributed by atoms with van der Waals surface area (Å²) >= 11 is 6.01. The molecule has 7 heteroatoms. The van der Waals surface area contributed by atoms with Crippen molar-refractivity contribution in [1.82, 2.24) is 10.2 Å². The lowest BCUT2D eigenvalue weighted by Crippen LogP contribution is -2.45. The maximum atomic E-state index is 13.3. The van der Waals surface area contributed by atoms with Crippen molar-refractivity contribution in [2.75, 3.05) is 19.8 Å². The van der Waals surface area contributed by atoms with Gasteiger partial charge in [0.25, 0.3) is 5.91 Å². The first-order valence-electron chi connectivity index (χ1n) is 10.2. The fraction of sp³-hybridized carbons (Fsp3) is 0.200. The number of carbonyl (C=O) groups excluding carboxylic acids is 2. The average molecular weight is 453 g/mol. The van der Waals surface area contributed by atoms with Gasteiger partial charge in [0.2, 0.25) is 5.91 Å². The van der Waals surface area contributed by atoms with Gasteiger partial charge in [0.15, 0.2) is 6.61 Å². The fourth-order valence-electron chi connectivity index (χ4n) is 3.24. The van der Waals surface area contributed by atoms with Crippen molar-refractivity contribution in [3.63, 3.8) is 0 Å².